The normalized spacial score (nSPS) is 10.9. The van der Waals surface area contributed by atoms with E-state index in [0.717, 1.165) is 18.6 Å². The summed E-state index contributed by atoms with van der Waals surface area (Å²) in [4.78, 5) is 20.5. The number of nitrogens with zero attached hydrogens (tertiary/aromatic N) is 3. The molecule has 2 rings (SSSR count). The fourth-order valence-corrected chi connectivity index (χ4v) is 2.34. The van der Waals surface area contributed by atoms with Crippen molar-refractivity contribution in [2.75, 3.05) is 19.1 Å². The van der Waals surface area contributed by atoms with Crippen molar-refractivity contribution in [2.45, 2.75) is 20.3 Å². The summed E-state index contributed by atoms with van der Waals surface area (Å²) in [5.74, 6) is 1.69. The van der Waals surface area contributed by atoms with E-state index in [4.69, 9.17) is 9.47 Å². The minimum Gasteiger partial charge on any atom is -0.493 e. The first-order chi connectivity index (χ1) is 13.8. The van der Waals surface area contributed by atoms with Gasteiger partial charge in [0.15, 0.2) is 11.5 Å². The zero-order valence-electron chi connectivity index (χ0n) is 16.3. The Bertz CT molecular complexity index is 914. The first kappa shape index (κ1) is 21.6. The Morgan fingerprint density at radius 3 is 2.48 bits per heavy atom. The quantitative estimate of drug-likeness (QED) is 0.354. The van der Waals surface area contributed by atoms with Gasteiger partial charge in [-0.1, -0.05) is 13.8 Å². The minimum atomic E-state index is -0.711. The fraction of sp³-hybridized carbons (Fsp3) is 0.316. The predicted octanol–water partition coefficient (Wildman–Crippen LogP) is 4.38. The van der Waals surface area contributed by atoms with Gasteiger partial charge in [-0.25, -0.2) is 0 Å². The molecule has 0 saturated heterocycles. The molecule has 0 bridgehead atoms. The maximum Gasteiger partial charge on any atom is 0.301 e. The summed E-state index contributed by atoms with van der Waals surface area (Å²) in [6.07, 6.45) is 2.37. The second kappa shape index (κ2) is 10.0. The molecule has 2 aromatic carbocycles. The summed E-state index contributed by atoms with van der Waals surface area (Å²) < 4.78 is 11.1. The minimum absolute atomic E-state index is 0.0393. The number of hydrazone groups is 1. The highest BCUT2D eigenvalue weighted by atomic mass is 16.6. The first-order valence-corrected chi connectivity index (χ1v) is 8.84. The van der Waals surface area contributed by atoms with Gasteiger partial charge >= 0.3 is 5.69 Å². The number of methoxy groups -OCH3 is 1. The van der Waals surface area contributed by atoms with Crippen LogP contribution in [-0.4, -0.2) is 29.8 Å². The Morgan fingerprint density at radius 2 is 1.86 bits per heavy atom. The zero-order chi connectivity index (χ0) is 21.4. The van der Waals surface area contributed by atoms with Crippen LogP contribution in [0.1, 0.15) is 25.8 Å². The molecule has 0 saturated carbocycles. The molecule has 10 heteroatoms. The molecule has 0 aliphatic rings. The molecule has 0 unspecified atom stereocenters. The van der Waals surface area contributed by atoms with Gasteiger partial charge in [0.1, 0.15) is 5.69 Å². The van der Waals surface area contributed by atoms with Crippen LogP contribution in [0.25, 0.3) is 0 Å². The zero-order valence-corrected chi connectivity index (χ0v) is 16.3. The van der Waals surface area contributed by atoms with E-state index in [0.29, 0.717) is 29.6 Å². The highest BCUT2D eigenvalue weighted by Crippen LogP contribution is 2.30. The molecule has 29 heavy (non-hydrogen) atoms. The summed E-state index contributed by atoms with van der Waals surface area (Å²) in [7, 11) is 1.53. The number of nitrogens with one attached hydrogen (secondary N) is 1. The molecule has 0 aromatic heterocycles. The van der Waals surface area contributed by atoms with Gasteiger partial charge in [0.25, 0.3) is 5.69 Å². The Kier molecular flexibility index (Phi) is 7.47. The second-order valence-corrected chi connectivity index (χ2v) is 6.53. The molecular formula is C19H22N4O6. The smallest absolute Gasteiger partial charge is 0.301 e. The van der Waals surface area contributed by atoms with E-state index in [1.54, 1.807) is 18.2 Å². The molecule has 1 N–H and O–H groups in total. The van der Waals surface area contributed by atoms with Crippen LogP contribution in [0.5, 0.6) is 11.5 Å². The maximum atomic E-state index is 11.1. The summed E-state index contributed by atoms with van der Waals surface area (Å²) in [5, 5.41) is 25.9. The van der Waals surface area contributed by atoms with Crippen molar-refractivity contribution in [3.63, 3.8) is 0 Å². The van der Waals surface area contributed by atoms with E-state index in [2.05, 4.69) is 24.4 Å². The number of anilines is 1. The largest absolute Gasteiger partial charge is 0.493 e. The second-order valence-electron chi connectivity index (χ2n) is 6.53. The van der Waals surface area contributed by atoms with Crippen molar-refractivity contribution in [3.8, 4) is 11.5 Å². The average Bonchev–Trinajstić information content (AvgIpc) is 2.68. The number of hydrogen-bond acceptors (Lipinski definition) is 8. The van der Waals surface area contributed by atoms with Crippen LogP contribution >= 0.6 is 0 Å². The standard InChI is InChI=1S/C19H22N4O6/c1-13(2)8-9-29-18-7-4-14(10-19(18)28-3)12-20-21-16-6-5-15(22(24)25)11-17(16)23(26)27/h4-7,10-13,21H,8-9H2,1-3H3. The third kappa shape index (κ3) is 6.16. The Morgan fingerprint density at radius 1 is 1.10 bits per heavy atom. The van der Waals surface area contributed by atoms with Crippen molar-refractivity contribution in [3.05, 3.63) is 62.2 Å². The van der Waals surface area contributed by atoms with Gasteiger partial charge in [-0.05, 0) is 42.2 Å². The third-order valence-corrected chi connectivity index (χ3v) is 3.93. The topological polar surface area (TPSA) is 129 Å². The number of rotatable bonds is 10. The van der Waals surface area contributed by atoms with E-state index in [1.807, 2.05) is 0 Å². The molecular weight excluding hydrogens is 380 g/mol. The van der Waals surface area contributed by atoms with Crippen molar-refractivity contribution < 1.29 is 19.3 Å². The number of hydrogen-bond donors (Lipinski definition) is 1. The maximum absolute atomic E-state index is 11.1. The number of ether oxygens (including phenoxy) is 2. The van der Waals surface area contributed by atoms with Gasteiger partial charge < -0.3 is 9.47 Å². The van der Waals surface area contributed by atoms with Crippen LogP contribution in [0.15, 0.2) is 41.5 Å². The van der Waals surface area contributed by atoms with Crippen LogP contribution in [0.3, 0.4) is 0 Å². The van der Waals surface area contributed by atoms with Crippen molar-refractivity contribution in [1.82, 2.24) is 0 Å². The van der Waals surface area contributed by atoms with Crippen molar-refractivity contribution in [1.29, 1.82) is 0 Å². The number of non-ortho nitro benzene ring substituents is 1. The van der Waals surface area contributed by atoms with E-state index in [-0.39, 0.29) is 11.4 Å². The van der Waals surface area contributed by atoms with Gasteiger partial charge in [-0.15, -0.1) is 0 Å². The predicted molar refractivity (Wildman–Crippen MR) is 109 cm³/mol. The lowest BCUT2D eigenvalue weighted by Crippen LogP contribution is -2.03. The Balaban J connectivity index is 2.12. The van der Waals surface area contributed by atoms with Crippen LogP contribution in [0, 0.1) is 26.1 Å². The fourth-order valence-electron chi connectivity index (χ4n) is 2.34. The number of benzene rings is 2. The lowest BCUT2D eigenvalue weighted by Gasteiger charge is -2.12. The highest BCUT2D eigenvalue weighted by Gasteiger charge is 2.19. The molecule has 2 aromatic rings. The molecule has 0 heterocycles. The van der Waals surface area contributed by atoms with Gasteiger partial charge in [0, 0.05) is 6.07 Å². The lowest BCUT2D eigenvalue weighted by atomic mass is 10.1. The molecule has 0 aliphatic carbocycles. The Hall–Kier alpha value is -3.69. The summed E-state index contributed by atoms with van der Waals surface area (Å²) in [5.41, 5.74) is 2.44. The summed E-state index contributed by atoms with van der Waals surface area (Å²) >= 11 is 0. The third-order valence-electron chi connectivity index (χ3n) is 3.93. The molecule has 154 valence electrons. The molecule has 0 atom stereocenters. The summed E-state index contributed by atoms with van der Waals surface area (Å²) in [6, 6.07) is 8.53. The van der Waals surface area contributed by atoms with Crippen molar-refractivity contribution >= 4 is 23.3 Å². The van der Waals surface area contributed by atoms with Gasteiger partial charge in [-0.2, -0.15) is 5.10 Å². The molecule has 0 radical (unpaired) electrons. The van der Waals surface area contributed by atoms with E-state index in [9.17, 15) is 20.2 Å². The van der Waals surface area contributed by atoms with Crippen LogP contribution in [-0.2, 0) is 0 Å². The van der Waals surface area contributed by atoms with Crippen LogP contribution < -0.4 is 14.9 Å². The average molecular weight is 402 g/mol. The van der Waals surface area contributed by atoms with Gasteiger partial charge in [0.2, 0.25) is 0 Å². The lowest BCUT2D eigenvalue weighted by molar-refractivity contribution is -0.393. The van der Waals surface area contributed by atoms with Crippen LogP contribution in [0.4, 0.5) is 17.1 Å². The summed E-state index contributed by atoms with van der Waals surface area (Å²) in [6.45, 7) is 4.80. The number of nitro benzene ring substituents is 2. The molecule has 0 fully saturated rings. The SMILES string of the molecule is COc1cc(C=NNc2ccc([N+](=O)[O-])cc2[N+](=O)[O-])ccc1OCCC(C)C. The molecule has 10 nitrogen and oxygen atoms in total. The molecule has 0 spiro atoms. The molecule has 0 amide bonds. The molecule has 0 aliphatic heterocycles. The van der Waals surface area contributed by atoms with Crippen molar-refractivity contribution in [2.24, 2.45) is 11.0 Å². The van der Waals surface area contributed by atoms with Crippen LogP contribution in [0.2, 0.25) is 0 Å². The monoisotopic (exact) mass is 402 g/mol. The van der Waals surface area contributed by atoms with E-state index in [1.165, 1.54) is 19.4 Å². The Labute approximate surface area is 167 Å². The van der Waals surface area contributed by atoms with E-state index < -0.39 is 15.5 Å². The highest BCUT2D eigenvalue weighted by molar-refractivity contribution is 5.82. The van der Waals surface area contributed by atoms with Gasteiger partial charge in [0.05, 0.1) is 35.8 Å². The first-order valence-electron chi connectivity index (χ1n) is 8.84. The van der Waals surface area contributed by atoms with E-state index >= 15 is 0 Å². The number of nitro groups is 2. The van der Waals surface area contributed by atoms with Gasteiger partial charge in [-0.3, -0.25) is 25.7 Å².